The van der Waals surface area contributed by atoms with Gasteiger partial charge in [-0.3, -0.25) is 4.79 Å². The summed E-state index contributed by atoms with van der Waals surface area (Å²) in [6.45, 7) is 0.213. The molecular formula is C18H16O4. The molecule has 0 N–H and O–H groups in total. The van der Waals surface area contributed by atoms with Gasteiger partial charge in [0.25, 0.3) is 0 Å². The van der Waals surface area contributed by atoms with Gasteiger partial charge < -0.3 is 9.47 Å². The van der Waals surface area contributed by atoms with Gasteiger partial charge in [-0.1, -0.05) is 60.7 Å². The first-order valence-corrected chi connectivity index (χ1v) is 7.18. The van der Waals surface area contributed by atoms with Crippen LogP contribution in [-0.2, 0) is 32.1 Å². The zero-order valence-electron chi connectivity index (χ0n) is 12.0. The summed E-state index contributed by atoms with van der Waals surface area (Å²) in [4.78, 5) is 24.1. The van der Waals surface area contributed by atoms with Crippen LogP contribution in [0.2, 0.25) is 0 Å². The van der Waals surface area contributed by atoms with Gasteiger partial charge in [-0.2, -0.15) is 0 Å². The molecule has 1 aliphatic heterocycles. The number of hydrogen-bond donors (Lipinski definition) is 0. The number of ether oxygens (including phenoxy) is 2. The number of carbonyl (C=O) groups excluding carboxylic acids is 2. The lowest BCUT2D eigenvalue weighted by Gasteiger charge is -2.08. The van der Waals surface area contributed by atoms with Crippen molar-refractivity contribution < 1.29 is 19.1 Å². The Kier molecular flexibility index (Phi) is 4.30. The molecule has 0 aromatic heterocycles. The van der Waals surface area contributed by atoms with Crippen LogP contribution in [0, 0.1) is 0 Å². The number of rotatable bonds is 5. The Hall–Kier alpha value is -2.46. The molecule has 0 bridgehead atoms. The monoisotopic (exact) mass is 296 g/mol. The van der Waals surface area contributed by atoms with E-state index in [2.05, 4.69) is 0 Å². The third-order valence-corrected chi connectivity index (χ3v) is 3.57. The highest BCUT2D eigenvalue weighted by Crippen LogP contribution is 2.19. The van der Waals surface area contributed by atoms with Gasteiger partial charge >= 0.3 is 5.97 Å². The van der Waals surface area contributed by atoms with E-state index < -0.39 is 18.2 Å². The van der Waals surface area contributed by atoms with Gasteiger partial charge in [0.15, 0.2) is 6.10 Å². The summed E-state index contributed by atoms with van der Waals surface area (Å²) >= 11 is 0. The third-order valence-electron chi connectivity index (χ3n) is 3.57. The molecule has 1 aliphatic rings. The Bertz CT molecular complexity index is 651. The lowest BCUT2D eigenvalue weighted by atomic mass is 10.0. The Morgan fingerprint density at radius 1 is 0.864 bits per heavy atom. The topological polar surface area (TPSA) is 52.6 Å². The molecule has 4 heteroatoms. The lowest BCUT2D eigenvalue weighted by Crippen LogP contribution is -2.29. The van der Waals surface area contributed by atoms with Gasteiger partial charge in [-0.15, -0.1) is 0 Å². The molecule has 4 nitrogen and oxygen atoms in total. The van der Waals surface area contributed by atoms with E-state index in [9.17, 15) is 9.59 Å². The van der Waals surface area contributed by atoms with Crippen molar-refractivity contribution in [2.24, 2.45) is 0 Å². The molecule has 0 amide bonds. The Morgan fingerprint density at radius 3 is 2.09 bits per heavy atom. The minimum Gasteiger partial charge on any atom is -0.452 e. The van der Waals surface area contributed by atoms with Crippen molar-refractivity contribution in [3.8, 4) is 0 Å². The highest BCUT2D eigenvalue weighted by atomic mass is 16.6. The lowest BCUT2D eigenvalue weighted by molar-refractivity contribution is -0.150. The van der Waals surface area contributed by atoms with Crippen LogP contribution in [0.4, 0.5) is 0 Å². The molecule has 1 fully saturated rings. The molecule has 1 saturated heterocycles. The summed E-state index contributed by atoms with van der Waals surface area (Å²) in [5.41, 5.74) is 1.87. The summed E-state index contributed by atoms with van der Waals surface area (Å²) in [5, 5.41) is 0. The zero-order chi connectivity index (χ0) is 15.4. The van der Waals surface area contributed by atoms with Crippen molar-refractivity contribution in [1.29, 1.82) is 0 Å². The van der Waals surface area contributed by atoms with Gasteiger partial charge in [0.05, 0.1) is 6.61 Å². The number of ketones is 1. The molecule has 0 aliphatic carbocycles. The van der Waals surface area contributed by atoms with Crippen molar-refractivity contribution in [2.45, 2.75) is 25.2 Å². The second kappa shape index (κ2) is 6.54. The van der Waals surface area contributed by atoms with E-state index in [0.717, 1.165) is 11.1 Å². The first-order valence-electron chi connectivity index (χ1n) is 7.18. The Morgan fingerprint density at radius 2 is 1.45 bits per heavy atom. The van der Waals surface area contributed by atoms with Crippen LogP contribution in [0.1, 0.15) is 11.1 Å². The molecular weight excluding hydrogens is 280 g/mol. The number of carbonyl (C=O) groups is 2. The second-order valence-corrected chi connectivity index (χ2v) is 5.19. The maximum atomic E-state index is 12.3. The molecule has 22 heavy (non-hydrogen) atoms. The number of cyclic esters (lactones) is 1. The molecule has 3 rings (SSSR count). The molecule has 2 aromatic carbocycles. The quantitative estimate of drug-likeness (QED) is 0.627. The molecule has 2 atom stereocenters. The molecule has 112 valence electrons. The summed E-state index contributed by atoms with van der Waals surface area (Å²) in [5.74, 6) is -0.897. The first-order chi connectivity index (χ1) is 10.7. The maximum absolute atomic E-state index is 12.3. The van der Waals surface area contributed by atoms with Crippen molar-refractivity contribution in [2.75, 3.05) is 0 Å². The van der Waals surface area contributed by atoms with E-state index in [1.165, 1.54) is 0 Å². The Balaban J connectivity index is 1.62. The van der Waals surface area contributed by atoms with E-state index in [1.54, 1.807) is 0 Å². The molecule has 0 radical (unpaired) electrons. The largest absolute Gasteiger partial charge is 0.452 e. The highest BCUT2D eigenvalue weighted by Gasteiger charge is 2.44. The Labute approximate surface area is 128 Å². The van der Waals surface area contributed by atoms with Crippen LogP contribution in [0.15, 0.2) is 60.7 Å². The third kappa shape index (κ3) is 3.23. The minimum absolute atomic E-state index is 0.213. The van der Waals surface area contributed by atoms with Crippen molar-refractivity contribution in [3.05, 3.63) is 71.8 Å². The number of hydrogen-bond acceptors (Lipinski definition) is 4. The van der Waals surface area contributed by atoms with Crippen LogP contribution in [-0.4, -0.2) is 24.0 Å². The van der Waals surface area contributed by atoms with Crippen molar-refractivity contribution in [3.63, 3.8) is 0 Å². The minimum atomic E-state index is -1.12. The fourth-order valence-electron chi connectivity index (χ4n) is 2.42. The highest BCUT2D eigenvalue weighted by molar-refractivity contribution is 6.09. The number of esters is 1. The average Bonchev–Trinajstić information content (AvgIpc) is 2.81. The fraction of sp³-hybridized carbons (Fsp3) is 0.222. The summed E-state index contributed by atoms with van der Waals surface area (Å²) in [6.07, 6.45) is -1.49. The van der Waals surface area contributed by atoms with Crippen molar-refractivity contribution >= 4 is 11.8 Å². The molecule has 1 unspecified atom stereocenters. The van der Waals surface area contributed by atoms with Gasteiger partial charge in [0.2, 0.25) is 11.9 Å². The van der Waals surface area contributed by atoms with Crippen LogP contribution in [0.3, 0.4) is 0 Å². The smallest absolute Gasteiger partial charge is 0.343 e. The average molecular weight is 296 g/mol. The van der Waals surface area contributed by atoms with Gasteiger partial charge in [-0.05, 0) is 11.1 Å². The molecule has 0 saturated carbocycles. The summed E-state index contributed by atoms with van der Waals surface area (Å²) in [7, 11) is 0. The van der Waals surface area contributed by atoms with Gasteiger partial charge in [-0.25, -0.2) is 4.79 Å². The number of Topliss-reactive ketones (excluding diaryl/α,β-unsaturated/α-hetero) is 1. The SMILES string of the molecule is O=C1O[C@@H](Cc2ccccc2)C(=O)C1OCc1ccccc1. The van der Waals surface area contributed by atoms with E-state index in [0.29, 0.717) is 6.42 Å². The van der Waals surface area contributed by atoms with E-state index in [4.69, 9.17) is 9.47 Å². The van der Waals surface area contributed by atoms with Crippen LogP contribution in [0.5, 0.6) is 0 Å². The molecule has 0 spiro atoms. The predicted octanol–water partition coefficient (Wildman–Crippen LogP) is 2.31. The van der Waals surface area contributed by atoms with Gasteiger partial charge in [0.1, 0.15) is 0 Å². The molecule has 2 aromatic rings. The fourth-order valence-corrected chi connectivity index (χ4v) is 2.42. The van der Waals surface area contributed by atoms with Crippen LogP contribution >= 0.6 is 0 Å². The second-order valence-electron chi connectivity index (χ2n) is 5.19. The maximum Gasteiger partial charge on any atom is 0.343 e. The first kappa shape index (κ1) is 14.5. The van der Waals surface area contributed by atoms with Gasteiger partial charge in [0, 0.05) is 6.42 Å². The van der Waals surface area contributed by atoms with Crippen molar-refractivity contribution in [1.82, 2.24) is 0 Å². The number of benzene rings is 2. The predicted molar refractivity (Wildman–Crippen MR) is 80.1 cm³/mol. The van der Waals surface area contributed by atoms with Crippen LogP contribution < -0.4 is 0 Å². The van der Waals surface area contributed by atoms with E-state index in [-0.39, 0.29) is 12.4 Å². The normalized spacial score (nSPS) is 20.9. The zero-order valence-corrected chi connectivity index (χ0v) is 12.0. The van der Waals surface area contributed by atoms with Crippen LogP contribution in [0.25, 0.3) is 0 Å². The van der Waals surface area contributed by atoms with E-state index in [1.807, 2.05) is 60.7 Å². The van der Waals surface area contributed by atoms with E-state index >= 15 is 0 Å². The molecule has 1 heterocycles. The standard InChI is InChI=1S/C18H16O4/c19-16-15(11-13-7-3-1-4-8-13)22-18(20)17(16)21-12-14-9-5-2-6-10-14/h1-10,15,17H,11-12H2/t15-,17?/m0/s1. The summed E-state index contributed by atoms with van der Waals surface area (Å²) < 4.78 is 10.6. The summed E-state index contributed by atoms with van der Waals surface area (Å²) in [6, 6.07) is 18.9.